The molecule has 1 heterocycles. The first kappa shape index (κ1) is 12.6. The normalized spacial score (nSPS) is 25.4. The van der Waals surface area contributed by atoms with Gasteiger partial charge in [0.05, 0.1) is 12.6 Å². The molecule has 0 saturated carbocycles. The van der Waals surface area contributed by atoms with E-state index in [1.54, 1.807) is 7.11 Å². The summed E-state index contributed by atoms with van der Waals surface area (Å²) in [6, 6.07) is 9.14. The molecule has 1 saturated heterocycles. The summed E-state index contributed by atoms with van der Waals surface area (Å²) in [4.78, 5) is 2.44. The highest BCUT2D eigenvalue weighted by molar-refractivity contribution is 5.30. The average Bonchev–Trinajstić information content (AvgIpc) is 2.69. The molecule has 1 aliphatic heterocycles. The number of rotatable bonds is 4. The zero-order valence-electron chi connectivity index (χ0n) is 10.7. The number of benzene rings is 1. The fourth-order valence-corrected chi connectivity index (χ4v) is 2.69. The summed E-state index contributed by atoms with van der Waals surface area (Å²) in [7, 11) is 1.75. The molecule has 1 fully saturated rings. The van der Waals surface area contributed by atoms with Crippen LogP contribution in [0.2, 0.25) is 0 Å². The lowest BCUT2D eigenvalue weighted by atomic mass is 9.96. The van der Waals surface area contributed by atoms with Gasteiger partial charge in [-0.05, 0) is 24.5 Å². The van der Waals surface area contributed by atoms with E-state index in [-0.39, 0.29) is 6.04 Å². The molecule has 2 rings (SSSR count). The Morgan fingerprint density at radius 3 is 2.88 bits per heavy atom. The Morgan fingerprint density at radius 1 is 1.41 bits per heavy atom. The molecule has 0 aromatic heterocycles. The maximum absolute atomic E-state index is 6.26. The molecule has 0 bridgehead atoms. The Hall–Kier alpha value is -0.900. The molecule has 3 nitrogen and oxygen atoms in total. The molecule has 94 valence electrons. The number of hydrogen-bond donors (Lipinski definition) is 1. The number of ether oxygens (including phenoxy) is 1. The summed E-state index contributed by atoms with van der Waals surface area (Å²) in [6.45, 7) is 4.97. The van der Waals surface area contributed by atoms with Gasteiger partial charge in [0.1, 0.15) is 0 Å². The van der Waals surface area contributed by atoms with Crippen molar-refractivity contribution >= 4 is 0 Å². The second-order valence-electron chi connectivity index (χ2n) is 4.78. The number of nitrogens with two attached hydrogens (primary N) is 1. The number of methoxy groups -OCH3 is 1. The van der Waals surface area contributed by atoms with Gasteiger partial charge in [0.25, 0.3) is 0 Å². The zero-order valence-corrected chi connectivity index (χ0v) is 10.7. The third-order valence-corrected chi connectivity index (χ3v) is 3.64. The molecular formula is C14H22N2O. The van der Waals surface area contributed by atoms with E-state index in [0.717, 1.165) is 26.1 Å². The van der Waals surface area contributed by atoms with Crippen LogP contribution >= 0.6 is 0 Å². The van der Waals surface area contributed by atoms with Crippen LogP contribution in [0, 0.1) is 6.92 Å². The van der Waals surface area contributed by atoms with E-state index in [9.17, 15) is 0 Å². The van der Waals surface area contributed by atoms with Gasteiger partial charge >= 0.3 is 0 Å². The predicted molar refractivity (Wildman–Crippen MR) is 70.0 cm³/mol. The molecule has 0 spiro atoms. The van der Waals surface area contributed by atoms with Crippen LogP contribution in [0.1, 0.15) is 23.6 Å². The van der Waals surface area contributed by atoms with Gasteiger partial charge in [0, 0.05) is 26.2 Å². The molecule has 3 heteroatoms. The molecule has 1 aromatic rings. The van der Waals surface area contributed by atoms with Crippen LogP contribution in [0.15, 0.2) is 24.3 Å². The first-order valence-electron chi connectivity index (χ1n) is 6.28. The number of nitrogens with zero attached hydrogens (tertiary/aromatic N) is 1. The van der Waals surface area contributed by atoms with Crippen molar-refractivity contribution in [3.05, 3.63) is 35.4 Å². The van der Waals surface area contributed by atoms with Crippen LogP contribution < -0.4 is 5.73 Å². The van der Waals surface area contributed by atoms with Gasteiger partial charge in [-0.2, -0.15) is 0 Å². The summed E-state index contributed by atoms with van der Waals surface area (Å²) >= 11 is 0. The van der Waals surface area contributed by atoms with Crippen molar-refractivity contribution in [2.75, 3.05) is 26.8 Å². The molecular weight excluding hydrogens is 212 g/mol. The SMILES string of the molecule is COCCN1CCC(N)C1c1ccccc1C. The van der Waals surface area contributed by atoms with E-state index in [2.05, 4.69) is 36.1 Å². The quantitative estimate of drug-likeness (QED) is 0.862. The number of likely N-dealkylation sites (tertiary alicyclic amines) is 1. The third kappa shape index (κ3) is 2.68. The van der Waals surface area contributed by atoms with E-state index in [4.69, 9.17) is 10.5 Å². The minimum atomic E-state index is 0.243. The molecule has 2 atom stereocenters. The van der Waals surface area contributed by atoms with E-state index in [1.165, 1.54) is 11.1 Å². The number of hydrogen-bond acceptors (Lipinski definition) is 3. The van der Waals surface area contributed by atoms with Gasteiger partial charge < -0.3 is 10.5 Å². The molecule has 1 aromatic carbocycles. The lowest BCUT2D eigenvalue weighted by Crippen LogP contribution is -2.34. The van der Waals surface area contributed by atoms with Gasteiger partial charge in [-0.15, -0.1) is 0 Å². The van der Waals surface area contributed by atoms with Crippen LogP contribution in [0.25, 0.3) is 0 Å². The van der Waals surface area contributed by atoms with Crippen LogP contribution in [-0.2, 0) is 4.74 Å². The minimum absolute atomic E-state index is 0.243. The van der Waals surface area contributed by atoms with Gasteiger partial charge in [0.2, 0.25) is 0 Å². The van der Waals surface area contributed by atoms with Crippen molar-refractivity contribution in [2.45, 2.75) is 25.4 Å². The van der Waals surface area contributed by atoms with Gasteiger partial charge in [-0.1, -0.05) is 24.3 Å². The lowest BCUT2D eigenvalue weighted by Gasteiger charge is -2.28. The molecule has 17 heavy (non-hydrogen) atoms. The lowest BCUT2D eigenvalue weighted by molar-refractivity contribution is 0.139. The van der Waals surface area contributed by atoms with Crippen LogP contribution in [0.5, 0.6) is 0 Å². The van der Waals surface area contributed by atoms with Crippen molar-refractivity contribution in [1.82, 2.24) is 4.90 Å². The van der Waals surface area contributed by atoms with Crippen LogP contribution in [-0.4, -0.2) is 37.7 Å². The average molecular weight is 234 g/mol. The Morgan fingerprint density at radius 2 is 2.18 bits per heavy atom. The van der Waals surface area contributed by atoms with Crippen molar-refractivity contribution in [1.29, 1.82) is 0 Å². The van der Waals surface area contributed by atoms with Crippen LogP contribution in [0.4, 0.5) is 0 Å². The fourth-order valence-electron chi connectivity index (χ4n) is 2.69. The topological polar surface area (TPSA) is 38.5 Å². The van der Waals surface area contributed by atoms with Gasteiger partial charge in [-0.3, -0.25) is 4.90 Å². The summed E-state index contributed by atoms with van der Waals surface area (Å²) in [6.07, 6.45) is 1.07. The highest BCUT2D eigenvalue weighted by atomic mass is 16.5. The molecule has 2 unspecified atom stereocenters. The Kier molecular flexibility index (Phi) is 4.15. The highest BCUT2D eigenvalue weighted by Crippen LogP contribution is 2.32. The third-order valence-electron chi connectivity index (χ3n) is 3.64. The number of aryl methyl sites for hydroxylation is 1. The largest absolute Gasteiger partial charge is 0.383 e. The highest BCUT2D eigenvalue weighted by Gasteiger charge is 2.33. The van der Waals surface area contributed by atoms with Crippen molar-refractivity contribution in [3.63, 3.8) is 0 Å². The molecule has 2 N–H and O–H groups in total. The molecule has 1 aliphatic rings. The van der Waals surface area contributed by atoms with E-state index in [1.807, 2.05) is 0 Å². The molecule has 0 amide bonds. The van der Waals surface area contributed by atoms with E-state index >= 15 is 0 Å². The van der Waals surface area contributed by atoms with Crippen LogP contribution in [0.3, 0.4) is 0 Å². The Balaban J connectivity index is 2.18. The van der Waals surface area contributed by atoms with Crippen molar-refractivity contribution in [2.24, 2.45) is 5.73 Å². The maximum Gasteiger partial charge on any atom is 0.0589 e. The second-order valence-corrected chi connectivity index (χ2v) is 4.78. The second kappa shape index (κ2) is 5.63. The van der Waals surface area contributed by atoms with E-state index < -0.39 is 0 Å². The van der Waals surface area contributed by atoms with Gasteiger partial charge in [0.15, 0.2) is 0 Å². The molecule has 0 radical (unpaired) electrons. The monoisotopic (exact) mass is 234 g/mol. The maximum atomic E-state index is 6.26. The predicted octanol–water partition coefficient (Wildman–Crippen LogP) is 1.72. The smallest absolute Gasteiger partial charge is 0.0589 e. The summed E-state index contributed by atoms with van der Waals surface area (Å²) in [5.74, 6) is 0. The Bertz CT molecular complexity index is 367. The first-order valence-corrected chi connectivity index (χ1v) is 6.28. The fraction of sp³-hybridized carbons (Fsp3) is 0.571. The van der Waals surface area contributed by atoms with Crippen molar-refractivity contribution < 1.29 is 4.74 Å². The summed E-state index contributed by atoms with van der Waals surface area (Å²) in [5, 5.41) is 0. The zero-order chi connectivity index (χ0) is 12.3. The standard InChI is InChI=1S/C14H22N2O/c1-11-5-3-4-6-12(11)14-13(15)7-8-16(14)9-10-17-2/h3-6,13-14H,7-10,15H2,1-2H3. The van der Waals surface area contributed by atoms with E-state index in [0.29, 0.717) is 6.04 Å². The summed E-state index contributed by atoms with van der Waals surface area (Å²) in [5.41, 5.74) is 8.96. The molecule has 0 aliphatic carbocycles. The minimum Gasteiger partial charge on any atom is -0.383 e. The first-order chi connectivity index (χ1) is 8.24. The Labute approximate surface area is 104 Å². The van der Waals surface area contributed by atoms with Gasteiger partial charge in [-0.25, -0.2) is 0 Å². The van der Waals surface area contributed by atoms with Crippen molar-refractivity contribution in [3.8, 4) is 0 Å². The summed E-state index contributed by atoms with van der Waals surface area (Å²) < 4.78 is 5.17.